The summed E-state index contributed by atoms with van der Waals surface area (Å²) in [6.45, 7) is 7.65. The van der Waals surface area contributed by atoms with Gasteiger partial charge in [-0.3, -0.25) is 9.78 Å². The Morgan fingerprint density at radius 2 is 2.09 bits per heavy atom. The highest BCUT2D eigenvalue weighted by Gasteiger charge is 2.39. The Balaban J connectivity index is 1.55. The number of benzene rings is 1. The molecule has 0 N–H and O–H groups in total. The van der Waals surface area contributed by atoms with Crippen LogP contribution in [0.15, 0.2) is 18.2 Å². The molecule has 8 heteroatoms. The van der Waals surface area contributed by atoms with Crippen molar-refractivity contribution in [3.63, 3.8) is 0 Å². The maximum Gasteiger partial charge on any atom is 0.410 e. The minimum Gasteiger partial charge on any atom is -0.449 e. The first-order valence-corrected chi connectivity index (χ1v) is 12.7. The zero-order valence-electron chi connectivity index (χ0n) is 19.6. The molecule has 33 heavy (non-hydrogen) atoms. The molecule has 1 fully saturated rings. The third-order valence-corrected chi connectivity index (χ3v) is 7.69. The molecule has 4 rings (SSSR count). The fraction of sp³-hybridized carbons (Fsp3) is 0.560. The van der Waals surface area contributed by atoms with Gasteiger partial charge in [-0.15, -0.1) is 0 Å². The van der Waals surface area contributed by atoms with Gasteiger partial charge >= 0.3 is 6.09 Å². The smallest absolute Gasteiger partial charge is 0.410 e. The number of nitrogens with zero attached hydrogens (tertiary/aromatic N) is 3. The molecule has 2 heterocycles. The van der Waals surface area contributed by atoms with Gasteiger partial charge in [0.2, 0.25) is 0 Å². The van der Waals surface area contributed by atoms with E-state index in [2.05, 4.69) is 17.2 Å². The van der Waals surface area contributed by atoms with Gasteiger partial charge in [0.25, 0.3) is 5.91 Å². The summed E-state index contributed by atoms with van der Waals surface area (Å²) < 4.78 is 5.30. The van der Waals surface area contributed by atoms with Gasteiger partial charge in [-0.2, -0.15) is 0 Å². The molecule has 1 aliphatic carbocycles. The lowest BCUT2D eigenvalue weighted by Crippen LogP contribution is -2.64. The van der Waals surface area contributed by atoms with Crippen LogP contribution >= 0.6 is 11.6 Å². The second-order valence-corrected chi connectivity index (χ2v) is 10.8. The van der Waals surface area contributed by atoms with E-state index >= 15 is 0 Å². The molecule has 1 aliphatic heterocycles. The number of rotatable bonds is 4. The van der Waals surface area contributed by atoms with E-state index in [-0.39, 0.29) is 12.0 Å². The van der Waals surface area contributed by atoms with Crippen LogP contribution in [0, 0.1) is 5.92 Å². The molecule has 1 aromatic heterocycles. The van der Waals surface area contributed by atoms with Gasteiger partial charge < -0.3 is 14.5 Å². The van der Waals surface area contributed by atoms with Gasteiger partial charge in [0.15, 0.2) is 0 Å². The molecule has 0 spiro atoms. The summed E-state index contributed by atoms with van der Waals surface area (Å²) in [5, 5.41) is 0.975. The number of ether oxygens (including phenoxy) is 1. The van der Waals surface area contributed by atoms with Crippen LogP contribution < -0.4 is 0 Å². The van der Waals surface area contributed by atoms with Crippen molar-refractivity contribution in [3.05, 3.63) is 40.0 Å². The normalized spacial score (nSPS) is 22.9. The summed E-state index contributed by atoms with van der Waals surface area (Å²) in [7, 11) is 3.70. The van der Waals surface area contributed by atoms with Crippen molar-refractivity contribution in [2.24, 2.45) is 5.92 Å². The topological polar surface area (TPSA) is 62.7 Å². The number of piperazine rings is 1. The molecule has 0 bridgehead atoms. The highest BCUT2D eigenvalue weighted by molar-refractivity contribution is 6.36. The van der Waals surface area contributed by atoms with Crippen LogP contribution in [0.25, 0.3) is 10.9 Å². The third kappa shape index (κ3) is 4.76. The minimum absolute atomic E-state index is 0.0790. The zero-order valence-corrected chi connectivity index (χ0v) is 21.4. The van der Waals surface area contributed by atoms with Crippen LogP contribution in [0.5, 0.6) is 0 Å². The Labute approximate surface area is 204 Å². The predicted octanol–water partition coefficient (Wildman–Crippen LogP) is 4.59. The number of hydrogen-bond acceptors (Lipinski definition) is 4. The van der Waals surface area contributed by atoms with E-state index in [1.807, 2.05) is 32.0 Å². The van der Waals surface area contributed by atoms with Crippen molar-refractivity contribution in [2.75, 3.05) is 26.2 Å². The summed E-state index contributed by atoms with van der Waals surface area (Å²) in [5.74, 6) is 0.580. The van der Waals surface area contributed by atoms with Gasteiger partial charge in [-0.05, 0) is 56.2 Å². The molecule has 0 saturated carbocycles. The van der Waals surface area contributed by atoms with Crippen molar-refractivity contribution in [2.45, 2.75) is 58.0 Å². The van der Waals surface area contributed by atoms with Gasteiger partial charge in [0.05, 0.1) is 27.4 Å². The maximum atomic E-state index is 13.3. The number of carbonyl (C=O) groups is 2. The van der Waals surface area contributed by atoms with Gasteiger partial charge in [0.1, 0.15) is 0 Å². The predicted molar refractivity (Wildman–Crippen MR) is 131 cm³/mol. The van der Waals surface area contributed by atoms with E-state index in [1.165, 1.54) is 5.56 Å². The number of carbonyl (C=O) groups excluding carboxylic acids is 2. The molecule has 175 valence electrons. The summed E-state index contributed by atoms with van der Waals surface area (Å²) >= 11 is 6.79. The minimum atomic E-state index is -0.702. The summed E-state index contributed by atoms with van der Waals surface area (Å²) in [6.07, 6.45) is 4.59. The Bertz CT molecular complexity index is 1070. The number of amides is 2. The number of aromatic nitrogens is 1. The Morgan fingerprint density at radius 3 is 2.79 bits per heavy atom. The molecule has 2 atom stereocenters. The quantitative estimate of drug-likeness (QED) is 0.595. The van der Waals surface area contributed by atoms with E-state index in [0.29, 0.717) is 37.7 Å². The van der Waals surface area contributed by atoms with Crippen LogP contribution in [-0.2, 0) is 17.6 Å². The van der Waals surface area contributed by atoms with Crippen molar-refractivity contribution in [3.8, 4) is 0 Å². The molecule has 1 aromatic carbocycles. The number of aryl methyl sites for hydroxylation is 1. The lowest BCUT2D eigenvalue weighted by molar-refractivity contribution is 0.0309. The second-order valence-electron chi connectivity index (χ2n) is 9.37. The lowest BCUT2D eigenvalue weighted by atomic mass is 9.84. The molecule has 2 aromatic rings. The summed E-state index contributed by atoms with van der Waals surface area (Å²) in [6, 6.07) is 5.60. The van der Waals surface area contributed by atoms with Crippen molar-refractivity contribution in [1.29, 1.82) is 0 Å². The van der Waals surface area contributed by atoms with Gasteiger partial charge in [-0.1, -0.05) is 37.9 Å². The van der Waals surface area contributed by atoms with E-state index in [9.17, 15) is 9.59 Å². The van der Waals surface area contributed by atoms with Crippen LogP contribution in [0.2, 0.25) is 5.02 Å². The van der Waals surface area contributed by atoms with Crippen molar-refractivity contribution in [1.82, 2.24) is 14.8 Å². The molecule has 6 nitrogen and oxygen atoms in total. The van der Waals surface area contributed by atoms with Gasteiger partial charge in [0, 0.05) is 41.4 Å². The average Bonchev–Trinajstić information content (AvgIpc) is 2.81. The van der Waals surface area contributed by atoms with Crippen molar-refractivity contribution >= 4 is 44.7 Å². The lowest BCUT2D eigenvalue weighted by Gasteiger charge is -2.46. The standard InChI is InChI=1S/C25H31ClN3O3Si/c1-4-12-32-24(31)29-11-10-28(15-25(29,3)33)23(30)17-7-8-18-21(14-17)27-20-9-6-16(5-2)13-19(20)22(18)26/h7-8,14,16H,4-6,9-13,15H2,1-3H3/t16?,25-/m0/s1. The van der Waals surface area contributed by atoms with E-state index in [0.717, 1.165) is 53.7 Å². The fourth-order valence-electron chi connectivity index (χ4n) is 4.86. The first-order valence-electron chi connectivity index (χ1n) is 11.8. The summed E-state index contributed by atoms with van der Waals surface area (Å²) in [4.78, 5) is 34.0. The number of pyridine rings is 1. The van der Waals surface area contributed by atoms with E-state index in [1.54, 1.807) is 9.80 Å². The monoisotopic (exact) mass is 484 g/mol. The second kappa shape index (κ2) is 9.62. The average molecular weight is 485 g/mol. The SMILES string of the molecule is CCCOC(=O)N1CCN(C(=O)c2ccc3c(Cl)c4c(nc3c2)CCC(CC)C4)C[C@]1(C)[Si]. The first kappa shape index (κ1) is 24.0. The fourth-order valence-corrected chi connectivity index (χ4v) is 5.60. The maximum absolute atomic E-state index is 13.3. The first-order chi connectivity index (χ1) is 15.7. The number of halogens is 1. The molecular weight excluding hydrogens is 454 g/mol. The molecule has 2 amide bonds. The molecule has 2 aliphatic rings. The molecular formula is C25H31ClN3O3Si. The third-order valence-electron chi connectivity index (χ3n) is 6.83. The van der Waals surface area contributed by atoms with Crippen LogP contribution in [-0.4, -0.2) is 68.4 Å². The van der Waals surface area contributed by atoms with Crippen molar-refractivity contribution < 1.29 is 14.3 Å². The van der Waals surface area contributed by atoms with Crippen LogP contribution in [0.4, 0.5) is 4.79 Å². The molecule has 3 radical (unpaired) electrons. The highest BCUT2D eigenvalue weighted by atomic mass is 35.5. The summed E-state index contributed by atoms with van der Waals surface area (Å²) in [5.41, 5.74) is 3.58. The Morgan fingerprint density at radius 1 is 1.30 bits per heavy atom. The van der Waals surface area contributed by atoms with E-state index < -0.39 is 5.16 Å². The largest absolute Gasteiger partial charge is 0.449 e. The van der Waals surface area contributed by atoms with Crippen LogP contribution in [0.3, 0.4) is 0 Å². The van der Waals surface area contributed by atoms with Crippen LogP contribution in [0.1, 0.15) is 61.6 Å². The number of hydrogen-bond donors (Lipinski definition) is 0. The Kier molecular flexibility index (Phi) is 7.00. The molecule has 1 unspecified atom stereocenters. The van der Waals surface area contributed by atoms with Gasteiger partial charge in [-0.25, -0.2) is 4.79 Å². The zero-order chi connectivity index (χ0) is 23.8. The highest BCUT2D eigenvalue weighted by Crippen LogP contribution is 2.36. The molecule has 1 saturated heterocycles. The Hall–Kier alpha value is -2.12. The number of fused-ring (bicyclic) bond motifs is 2. The van der Waals surface area contributed by atoms with E-state index in [4.69, 9.17) is 21.3 Å².